The number of ether oxygens (including phenoxy) is 1. The molecule has 0 radical (unpaired) electrons. The minimum Gasteiger partial charge on any atom is -0.382 e. The van der Waals surface area contributed by atoms with E-state index in [4.69, 9.17) is 10.5 Å². The third kappa shape index (κ3) is 3.08. The van der Waals surface area contributed by atoms with Gasteiger partial charge in [-0.3, -0.25) is 4.57 Å². The fourth-order valence-corrected chi connectivity index (χ4v) is 4.88. The monoisotopic (exact) mass is 381 g/mol. The number of nitrogen functional groups attached to an aromatic ring is 1. The molecule has 2 unspecified atom stereocenters. The Hall–Kier alpha value is -1.43. The van der Waals surface area contributed by atoms with Gasteiger partial charge in [-0.25, -0.2) is 19.9 Å². The standard InChI is InChI=1S/C13H15N7OS3/c1-22-12-18-13(24-19-12)23-4-7-2-3-8(21-7)20-6-17-9-10(14)15-5-16-11(9)20/h5-8H,2-4H2,1H3,(H2,14,15,16). The smallest absolute Gasteiger partial charge is 0.200 e. The van der Waals surface area contributed by atoms with Crippen molar-refractivity contribution in [3.05, 3.63) is 12.7 Å². The Balaban J connectivity index is 1.41. The molecule has 2 atom stereocenters. The number of hydrogen-bond acceptors (Lipinski definition) is 10. The average molecular weight is 382 g/mol. The van der Waals surface area contributed by atoms with E-state index < -0.39 is 0 Å². The number of fused-ring (bicyclic) bond motifs is 1. The van der Waals surface area contributed by atoms with Crippen molar-refractivity contribution in [2.45, 2.75) is 34.7 Å². The molecule has 126 valence electrons. The van der Waals surface area contributed by atoms with Gasteiger partial charge in [0, 0.05) is 5.75 Å². The predicted molar refractivity (Wildman–Crippen MR) is 95.3 cm³/mol. The van der Waals surface area contributed by atoms with E-state index >= 15 is 0 Å². The van der Waals surface area contributed by atoms with Crippen LogP contribution in [0.25, 0.3) is 11.2 Å². The molecule has 24 heavy (non-hydrogen) atoms. The maximum absolute atomic E-state index is 6.16. The number of imidazole rings is 1. The van der Waals surface area contributed by atoms with Gasteiger partial charge in [-0.05, 0) is 30.6 Å². The van der Waals surface area contributed by atoms with Crippen LogP contribution in [0.5, 0.6) is 0 Å². The molecule has 11 heteroatoms. The minimum absolute atomic E-state index is 0.0638. The molecule has 8 nitrogen and oxygen atoms in total. The van der Waals surface area contributed by atoms with Crippen molar-refractivity contribution in [3.8, 4) is 0 Å². The van der Waals surface area contributed by atoms with Gasteiger partial charge in [0.2, 0.25) is 5.16 Å². The van der Waals surface area contributed by atoms with Crippen LogP contribution < -0.4 is 5.73 Å². The Kier molecular flexibility index (Phi) is 4.57. The van der Waals surface area contributed by atoms with Gasteiger partial charge >= 0.3 is 0 Å². The van der Waals surface area contributed by atoms with Gasteiger partial charge in [0.1, 0.15) is 18.1 Å². The second-order valence-corrected chi connectivity index (χ2v) is 8.02. The quantitative estimate of drug-likeness (QED) is 0.667. The Morgan fingerprint density at radius 1 is 1.38 bits per heavy atom. The average Bonchev–Trinajstić information content (AvgIpc) is 3.32. The third-order valence-electron chi connectivity index (χ3n) is 3.75. The van der Waals surface area contributed by atoms with E-state index in [1.54, 1.807) is 29.9 Å². The SMILES string of the molecule is CSc1nsc(SCC2CCC(n3cnc4c(N)ncnc43)O2)n1. The van der Waals surface area contributed by atoms with E-state index in [-0.39, 0.29) is 12.3 Å². The zero-order valence-corrected chi connectivity index (χ0v) is 15.3. The lowest BCUT2D eigenvalue weighted by atomic mass is 10.2. The second-order valence-electron chi connectivity index (χ2n) is 5.23. The molecule has 0 amide bonds. The number of hydrogen-bond donors (Lipinski definition) is 1. The number of aromatic nitrogens is 6. The van der Waals surface area contributed by atoms with E-state index in [9.17, 15) is 0 Å². The van der Waals surface area contributed by atoms with Crippen LogP contribution in [0.15, 0.2) is 22.2 Å². The number of nitrogens with two attached hydrogens (primary N) is 1. The van der Waals surface area contributed by atoms with E-state index in [1.807, 2.05) is 10.8 Å². The summed E-state index contributed by atoms with van der Waals surface area (Å²) in [6, 6.07) is 0. The molecule has 3 aromatic rings. The number of nitrogens with zero attached hydrogens (tertiary/aromatic N) is 6. The molecule has 0 saturated carbocycles. The molecule has 4 heterocycles. The summed E-state index contributed by atoms with van der Waals surface area (Å²) in [5, 5.41) is 0.829. The summed E-state index contributed by atoms with van der Waals surface area (Å²) in [5.41, 5.74) is 7.18. The lowest BCUT2D eigenvalue weighted by molar-refractivity contribution is 0.0153. The zero-order chi connectivity index (χ0) is 16.5. The van der Waals surface area contributed by atoms with Crippen LogP contribution in [0.2, 0.25) is 0 Å². The maximum atomic E-state index is 6.16. The molecule has 0 spiro atoms. The van der Waals surface area contributed by atoms with Crippen molar-refractivity contribution in [1.82, 2.24) is 28.9 Å². The molecular formula is C13H15N7OS3. The van der Waals surface area contributed by atoms with E-state index in [0.29, 0.717) is 11.3 Å². The molecule has 3 aromatic heterocycles. The highest BCUT2D eigenvalue weighted by Gasteiger charge is 2.28. The Bertz CT molecular complexity index is 851. The lowest BCUT2D eigenvalue weighted by Crippen LogP contribution is -2.13. The Labute approximate surface area is 150 Å². The first kappa shape index (κ1) is 16.1. The highest BCUT2D eigenvalue weighted by Crippen LogP contribution is 2.34. The van der Waals surface area contributed by atoms with Gasteiger partial charge in [0.25, 0.3) is 0 Å². The van der Waals surface area contributed by atoms with E-state index in [1.165, 1.54) is 17.9 Å². The molecule has 0 aliphatic carbocycles. The molecule has 0 aromatic carbocycles. The van der Waals surface area contributed by atoms with Gasteiger partial charge in [-0.2, -0.15) is 4.37 Å². The van der Waals surface area contributed by atoms with Crippen molar-refractivity contribution >= 4 is 52.0 Å². The van der Waals surface area contributed by atoms with Crippen LogP contribution in [0, 0.1) is 0 Å². The van der Waals surface area contributed by atoms with Crippen LogP contribution in [-0.4, -0.2) is 47.0 Å². The fourth-order valence-electron chi connectivity index (χ4n) is 2.60. The topological polar surface area (TPSA) is 105 Å². The minimum atomic E-state index is -0.0638. The first-order valence-electron chi connectivity index (χ1n) is 7.33. The van der Waals surface area contributed by atoms with Gasteiger partial charge in [-0.1, -0.05) is 23.5 Å². The summed E-state index contributed by atoms with van der Waals surface area (Å²) in [6.45, 7) is 0. The summed E-state index contributed by atoms with van der Waals surface area (Å²) in [5.74, 6) is 1.26. The fraction of sp³-hybridized carbons (Fsp3) is 0.462. The van der Waals surface area contributed by atoms with Gasteiger partial charge in [-0.15, -0.1) is 0 Å². The summed E-state index contributed by atoms with van der Waals surface area (Å²) in [4.78, 5) is 17.0. The maximum Gasteiger partial charge on any atom is 0.200 e. The first-order chi connectivity index (χ1) is 11.7. The van der Waals surface area contributed by atoms with Crippen LogP contribution in [0.4, 0.5) is 5.82 Å². The molecule has 1 fully saturated rings. The van der Waals surface area contributed by atoms with Crippen LogP contribution >= 0.6 is 35.1 Å². The van der Waals surface area contributed by atoms with E-state index in [2.05, 4.69) is 24.3 Å². The van der Waals surface area contributed by atoms with E-state index in [0.717, 1.165) is 33.7 Å². The van der Waals surface area contributed by atoms with Crippen LogP contribution in [-0.2, 0) is 4.74 Å². The highest BCUT2D eigenvalue weighted by molar-refractivity contribution is 8.01. The molecule has 4 rings (SSSR count). The Morgan fingerprint density at radius 2 is 2.29 bits per heavy atom. The highest BCUT2D eigenvalue weighted by atomic mass is 32.2. The zero-order valence-electron chi connectivity index (χ0n) is 12.8. The van der Waals surface area contributed by atoms with Crippen molar-refractivity contribution in [2.24, 2.45) is 0 Å². The summed E-state index contributed by atoms with van der Waals surface area (Å²) >= 11 is 4.69. The molecule has 0 bridgehead atoms. The molecular weight excluding hydrogens is 366 g/mol. The van der Waals surface area contributed by atoms with Gasteiger partial charge < -0.3 is 10.5 Å². The van der Waals surface area contributed by atoms with Crippen molar-refractivity contribution < 1.29 is 4.74 Å². The third-order valence-corrected chi connectivity index (χ3v) is 6.38. The normalized spacial score (nSPS) is 20.9. The van der Waals surface area contributed by atoms with Crippen LogP contribution in [0.1, 0.15) is 19.1 Å². The molecule has 1 saturated heterocycles. The van der Waals surface area contributed by atoms with Gasteiger partial charge in [0.15, 0.2) is 15.8 Å². The summed E-state index contributed by atoms with van der Waals surface area (Å²) < 4.78 is 13.4. The predicted octanol–water partition coefficient (Wildman–Crippen LogP) is 2.45. The number of anilines is 1. The first-order valence-corrected chi connectivity index (χ1v) is 10.3. The second kappa shape index (κ2) is 6.82. The van der Waals surface area contributed by atoms with Crippen LogP contribution in [0.3, 0.4) is 0 Å². The summed E-state index contributed by atoms with van der Waals surface area (Å²) in [6.07, 6.45) is 7.19. The van der Waals surface area contributed by atoms with Crippen molar-refractivity contribution in [3.63, 3.8) is 0 Å². The molecule has 1 aliphatic heterocycles. The molecule has 2 N–H and O–H groups in total. The van der Waals surface area contributed by atoms with Gasteiger partial charge in [0.05, 0.1) is 12.4 Å². The Morgan fingerprint density at radius 3 is 3.12 bits per heavy atom. The van der Waals surface area contributed by atoms with Crippen molar-refractivity contribution in [2.75, 3.05) is 17.7 Å². The number of rotatable bonds is 5. The van der Waals surface area contributed by atoms with Crippen molar-refractivity contribution in [1.29, 1.82) is 0 Å². The molecule has 1 aliphatic rings. The summed E-state index contributed by atoms with van der Waals surface area (Å²) in [7, 11) is 0. The largest absolute Gasteiger partial charge is 0.382 e. The number of thioether (sulfide) groups is 2. The lowest BCUT2D eigenvalue weighted by Gasteiger charge is -2.14.